The second-order valence-electron chi connectivity index (χ2n) is 2.58. The maximum Gasteiger partial charge on any atom is 0.228 e. The van der Waals surface area contributed by atoms with Gasteiger partial charge in [-0.25, -0.2) is 4.39 Å². The number of benzene rings is 1. The molecule has 13 heavy (non-hydrogen) atoms. The molecule has 0 fully saturated rings. The van der Waals surface area contributed by atoms with E-state index in [0.717, 1.165) is 10.9 Å². The molecule has 1 aromatic heterocycles. The predicted octanol–water partition coefficient (Wildman–Crippen LogP) is 2.54. The van der Waals surface area contributed by atoms with Crippen LogP contribution in [0, 0.1) is 0 Å². The van der Waals surface area contributed by atoms with Crippen molar-refractivity contribution in [2.45, 2.75) is 0 Å². The van der Waals surface area contributed by atoms with Crippen LogP contribution in [0.4, 0.5) is 4.39 Å². The van der Waals surface area contributed by atoms with Gasteiger partial charge >= 0.3 is 0 Å². The standard InChI is InChI=1S/C10H8FNO/c11-7-13-10-5-6-12-9-4-2-1-3-8(9)10/h1-6H,7H2. The first-order valence-electron chi connectivity index (χ1n) is 3.94. The van der Waals surface area contributed by atoms with E-state index in [1.54, 1.807) is 12.3 Å². The number of ether oxygens (including phenoxy) is 1. The molecule has 0 aliphatic heterocycles. The van der Waals surface area contributed by atoms with Crippen LogP contribution in [0.5, 0.6) is 5.75 Å². The molecule has 0 atom stereocenters. The topological polar surface area (TPSA) is 22.1 Å². The maximum atomic E-state index is 12.0. The highest BCUT2D eigenvalue weighted by Crippen LogP contribution is 2.22. The predicted molar refractivity (Wildman–Crippen MR) is 48.3 cm³/mol. The minimum absolute atomic E-state index is 0.535. The van der Waals surface area contributed by atoms with Crippen molar-refractivity contribution in [2.24, 2.45) is 0 Å². The summed E-state index contributed by atoms with van der Waals surface area (Å²) in [6.07, 6.45) is 1.60. The smallest absolute Gasteiger partial charge is 0.228 e. The molecule has 1 heterocycles. The lowest BCUT2D eigenvalue weighted by atomic mass is 10.2. The summed E-state index contributed by atoms with van der Waals surface area (Å²) in [6, 6.07) is 9.12. The lowest BCUT2D eigenvalue weighted by Gasteiger charge is -2.03. The number of hydrogen-bond donors (Lipinski definition) is 0. The molecule has 0 amide bonds. The molecular formula is C10H8FNO. The summed E-state index contributed by atoms with van der Waals surface area (Å²) in [6.45, 7) is -0.812. The largest absolute Gasteiger partial charge is 0.462 e. The molecule has 2 rings (SSSR count). The molecule has 0 saturated carbocycles. The van der Waals surface area contributed by atoms with Gasteiger partial charge in [0, 0.05) is 11.6 Å². The molecule has 2 aromatic rings. The van der Waals surface area contributed by atoms with E-state index >= 15 is 0 Å². The first kappa shape index (κ1) is 7.98. The number of aromatic nitrogens is 1. The van der Waals surface area contributed by atoms with Gasteiger partial charge in [0.2, 0.25) is 6.86 Å². The van der Waals surface area contributed by atoms with Gasteiger partial charge in [-0.15, -0.1) is 0 Å². The van der Waals surface area contributed by atoms with Crippen LogP contribution in [0.15, 0.2) is 36.5 Å². The Kier molecular flexibility index (Phi) is 2.08. The highest BCUT2D eigenvalue weighted by Gasteiger charge is 2.00. The molecule has 0 radical (unpaired) electrons. The van der Waals surface area contributed by atoms with Gasteiger partial charge in [0.05, 0.1) is 5.52 Å². The van der Waals surface area contributed by atoms with Crippen LogP contribution in [0.1, 0.15) is 0 Å². The van der Waals surface area contributed by atoms with Crippen molar-refractivity contribution in [3.05, 3.63) is 36.5 Å². The Morgan fingerprint density at radius 2 is 2.08 bits per heavy atom. The highest BCUT2D eigenvalue weighted by atomic mass is 19.1. The van der Waals surface area contributed by atoms with Crippen LogP contribution in [-0.2, 0) is 0 Å². The number of fused-ring (bicyclic) bond motifs is 1. The zero-order valence-electron chi connectivity index (χ0n) is 6.90. The van der Waals surface area contributed by atoms with Gasteiger partial charge in [0.1, 0.15) is 5.75 Å². The number of para-hydroxylation sites is 1. The van der Waals surface area contributed by atoms with Gasteiger partial charge in [-0.1, -0.05) is 12.1 Å². The fourth-order valence-electron chi connectivity index (χ4n) is 1.25. The third-order valence-electron chi connectivity index (χ3n) is 1.82. The SMILES string of the molecule is FCOc1ccnc2ccccc12. The van der Waals surface area contributed by atoms with Crippen LogP contribution < -0.4 is 4.74 Å². The van der Waals surface area contributed by atoms with E-state index < -0.39 is 6.86 Å². The molecule has 0 spiro atoms. The van der Waals surface area contributed by atoms with Gasteiger partial charge in [-0.2, -0.15) is 0 Å². The summed E-state index contributed by atoms with van der Waals surface area (Å²) in [5.74, 6) is 0.535. The number of alkyl halides is 1. The van der Waals surface area contributed by atoms with Gasteiger partial charge in [-0.05, 0) is 18.2 Å². The fourth-order valence-corrected chi connectivity index (χ4v) is 1.25. The molecule has 2 nitrogen and oxygen atoms in total. The van der Waals surface area contributed by atoms with Crippen molar-refractivity contribution >= 4 is 10.9 Å². The fraction of sp³-hybridized carbons (Fsp3) is 0.100. The van der Waals surface area contributed by atoms with E-state index in [0.29, 0.717) is 5.75 Å². The molecular weight excluding hydrogens is 169 g/mol. The second kappa shape index (κ2) is 3.39. The molecule has 0 aliphatic carbocycles. The Balaban J connectivity index is 2.61. The number of rotatable bonds is 2. The third-order valence-corrected chi connectivity index (χ3v) is 1.82. The molecule has 0 aliphatic rings. The first-order valence-corrected chi connectivity index (χ1v) is 3.94. The number of nitrogens with zero attached hydrogens (tertiary/aromatic N) is 1. The molecule has 0 bridgehead atoms. The van der Waals surface area contributed by atoms with Crippen molar-refractivity contribution in [3.63, 3.8) is 0 Å². The monoisotopic (exact) mass is 177 g/mol. The normalized spacial score (nSPS) is 10.2. The Hall–Kier alpha value is -1.64. The van der Waals surface area contributed by atoms with Crippen molar-refractivity contribution in [1.29, 1.82) is 0 Å². The van der Waals surface area contributed by atoms with Crippen LogP contribution in [0.25, 0.3) is 10.9 Å². The van der Waals surface area contributed by atoms with Crippen LogP contribution >= 0.6 is 0 Å². The average molecular weight is 177 g/mol. The minimum atomic E-state index is -0.812. The third kappa shape index (κ3) is 1.45. The summed E-state index contributed by atoms with van der Waals surface area (Å²) in [7, 11) is 0. The van der Waals surface area contributed by atoms with E-state index in [2.05, 4.69) is 4.98 Å². The Bertz CT molecular complexity index is 411. The lowest BCUT2D eigenvalue weighted by Crippen LogP contribution is -1.91. The summed E-state index contributed by atoms with van der Waals surface area (Å²) in [5.41, 5.74) is 0.813. The van der Waals surface area contributed by atoms with Crippen LogP contribution in [0.3, 0.4) is 0 Å². The van der Waals surface area contributed by atoms with Crippen molar-refractivity contribution in [3.8, 4) is 5.75 Å². The van der Waals surface area contributed by atoms with E-state index in [1.807, 2.05) is 24.3 Å². The summed E-state index contributed by atoms with van der Waals surface area (Å²) in [5, 5.41) is 0.836. The maximum absolute atomic E-state index is 12.0. The number of hydrogen-bond acceptors (Lipinski definition) is 2. The first-order chi connectivity index (χ1) is 6.42. The van der Waals surface area contributed by atoms with Gasteiger partial charge in [-0.3, -0.25) is 4.98 Å². The zero-order valence-corrected chi connectivity index (χ0v) is 6.90. The zero-order chi connectivity index (χ0) is 9.10. The molecule has 0 saturated heterocycles. The van der Waals surface area contributed by atoms with E-state index in [4.69, 9.17) is 4.74 Å². The Labute approximate surface area is 75.0 Å². The Morgan fingerprint density at radius 1 is 1.23 bits per heavy atom. The summed E-state index contributed by atoms with van der Waals surface area (Å²) in [4.78, 5) is 4.12. The van der Waals surface area contributed by atoms with Crippen LogP contribution in [0.2, 0.25) is 0 Å². The molecule has 0 N–H and O–H groups in total. The Morgan fingerprint density at radius 3 is 2.92 bits per heavy atom. The van der Waals surface area contributed by atoms with E-state index in [-0.39, 0.29) is 0 Å². The molecule has 0 unspecified atom stereocenters. The van der Waals surface area contributed by atoms with Gasteiger partial charge in [0.15, 0.2) is 0 Å². The number of halogens is 1. The molecule has 3 heteroatoms. The summed E-state index contributed by atoms with van der Waals surface area (Å²) < 4.78 is 16.8. The lowest BCUT2D eigenvalue weighted by molar-refractivity contribution is 0.194. The van der Waals surface area contributed by atoms with Crippen molar-refractivity contribution in [2.75, 3.05) is 6.86 Å². The highest BCUT2D eigenvalue weighted by molar-refractivity contribution is 5.84. The van der Waals surface area contributed by atoms with E-state index in [9.17, 15) is 4.39 Å². The number of pyridine rings is 1. The van der Waals surface area contributed by atoms with Crippen molar-refractivity contribution in [1.82, 2.24) is 4.98 Å². The quantitative estimate of drug-likeness (QED) is 0.703. The van der Waals surface area contributed by atoms with Crippen molar-refractivity contribution < 1.29 is 9.13 Å². The van der Waals surface area contributed by atoms with Gasteiger partial charge < -0.3 is 4.74 Å². The van der Waals surface area contributed by atoms with Gasteiger partial charge in [0.25, 0.3) is 0 Å². The minimum Gasteiger partial charge on any atom is -0.462 e. The summed E-state index contributed by atoms with van der Waals surface area (Å²) >= 11 is 0. The van der Waals surface area contributed by atoms with Crippen LogP contribution in [-0.4, -0.2) is 11.8 Å². The molecule has 1 aromatic carbocycles. The average Bonchev–Trinajstić information content (AvgIpc) is 2.19. The molecule has 66 valence electrons. The van der Waals surface area contributed by atoms with E-state index in [1.165, 1.54) is 0 Å². The second-order valence-corrected chi connectivity index (χ2v) is 2.58.